The molecule has 2 N–H and O–H groups in total. The summed E-state index contributed by atoms with van der Waals surface area (Å²) < 4.78 is 11.4. The van der Waals surface area contributed by atoms with Crippen molar-refractivity contribution in [2.45, 2.75) is 89.8 Å². The standard InChI is InChI=1S/C17H30N2O5/c1-16(2,3)24-15(22)19-13(10-23-17(19,4)5)11-8-6-7-9-12(18-11)14(20)21/h11-13,18H,6-10H2,1-5H3,(H,20,21)/t11-,12+,13-/m1/s1. The van der Waals surface area contributed by atoms with E-state index in [0.717, 1.165) is 19.3 Å². The van der Waals surface area contributed by atoms with Crippen LogP contribution in [0.25, 0.3) is 0 Å². The Kier molecular flexibility index (Phi) is 5.44. The van der Waals surface area contributed by atoms with Gasteiger partial charge in [0.25, 0.3) is 0 Å². The number of aliphatic carboxylic acids is 1. The maximum atomic E-state index is 12.7. The molecule has 2 rings (SSSR count). The van der Waals surface area contributed by atoms with Crippen molar-refractivity contribution in [2.24, 2.45) is 0 Å². The molecule has 138 valence electrons. The first-order valence-corrected chi connectivity index (χ1v) is 8.66. The van der Waals surface area contributed by atoms with Crippen LogP contribution in [0, 0.1) is 0 Å². The van der Waals surface area contributed by atoms with Crippen LogP contribution >= 0.6 is 0 Å². The van der Waals surface area contributed by atoms with Crippen molar-refractivity contribution in [3.8, 4) is 0 Å². The largest absolute Gasteiger partial charge is 0.480 e. The third-order valence-electron chi connectivity index (χ3n) is 4.55. The topological polar surface area (TPSA) is 88.1 Å². The highest BCUT2D eigenvalue weighted by Crippen LogP contribution is 2.33. The molecule has 7 nitrogen and oxygen atoms in total. The number of nitrogens with zero attached hydrogens (tertiary/aromatic N) is 1. The lowest BCUT2D eigenvalue weighted by atomic mass is 10.0. The number of carboxylic acid groups (broad SMARTS) is 1. The maximum Gasteiger partial charge on any atom is 0.412 e. The Morgan fingerprint density at radius 3 is 2.46 bits per heavy atom. The van der Waals surface area contributed by atoms with Gasteiger partial charge in [-0.05, 0) is 47.5 Å². The van der Waals surface area contributed by atoms with Crippen LogP contribution in [0.1, 0.15) is 60.3 Å². The second kappa shape index (κ2) is 6.88. The summed E-state index contributed by atoms with van der Waals surface area (Å²) in [4.78, 5) is 25.7. The lowest BCUT2D eigenvalue weighted by Gasteiger charge is -2.38. The SMILES string of the molecule is CC(C)(C)OC(=O)N1[C@@H]([C@H]2CCCC[C@@H](C(=O)O)N2)COC1(C)C. The molecule has 2 fully saturated rings. The first-order valence-electron chi connectivity index (χ1n) is 8.66. The van der Waals surface area contributed by atoms with E-state index in [0.29, 0.717) is 13.0 Å². The highest BCUT2D eigenvalue weighted by molar-refractivity contribution is 5.73. The third-order valence-corrected chi connectivity index (χ3v) is 4.55. The Morgan fingerprint density at radius 1 is 1.25 bits per heavy atom. The summed E-state index contributed by atoms with van der Waals surface area (Å²) >= 11 is 0. The Morgan fingerprint density at radius 2 is 1.88 bits per heavy atom. The van der Waals surface area contributed by atoms with E-state index in [-0.39, 0.29) is 12.1 Å². The Balaban J connectivity index is 2.20. The van der Waals surface area contributed by atoms with Crippen LogP contribution in [-0.4, -0.2) is 58.1 Å². The molecular formula is C17H30N2O5. The molecule has 0 aliphatic carbocycles. The molecule has 0 aromatic rings. The Labute approximate surface area is 143 Å². The van der Waals surface area contributed by atoms with Crippen molar-refractivity contribution < 1.29 is 24.2 Å². The van der Waals surface area contributed by atoms with Crippen molar-refractivity contribution in [1.82, 2.24) is 10.2 Å². The van der Waals surface area contributed by atoms with Gasteiger partial charge < -0.3 is 14.6 Å². The average Bonchev–Trinajstić information content (AvgIpc) is 2.60. The molecule has 2 aliphatic rings. The molecule has 3 atom stereocenters. The fourth-order valence-electron chi connectivity index (χ4n) is 3.43. The summed E-state index contributed by atoms with van der Waals surface area (Å²) in [6, 6.07) is -0.945. The molecule has 2 heterocycles. The van der Waals surface area contributed by atoms with E-state index in [9.17, 15) is 14.7 Å². The second-order valence-corrected chi connectivity index (χ2v) is 8.12. The minimum Gasteiger partial charge on any atom is -0.480 e. The van der Waals surface area contributed by atoms with Crippen molar-refractivity contribution in [3.63, 3.8) is 0 Å². The fraction of sp³-hybridized carbons (Fsp3) is 0.882. The zero-order chi connectivity index (χ0) is 18.1. The third kappa shape index (κ3) is 4.39. The quantitative estimate of drug-likeness (QED) is 0.801. The highest BCUT2D eigenvalue weighted by atomic mass is 16.6. The second-order valence-electron chi connectivity index (χ2n) is 8.12. The molecule has 2 saturated heterocycles. The summed E-state index contributed by atoms with van der Waals surface area (Å²) in [6.45, 7) is 9.53. The van der Waals surface area contributed by atoms with Crippen LogP contribution in [0.5, 0.6) is 0 Å². The number of carboxylic acids is 1. The van der Waals surface area contributed by atoms with Gasteiger partial charge in [-0.3, -0.25) is 15.0 Å². The maximum absolute atomic E-state index is 12.7. The number of carbonyl (C=O) groups excluding carboxylic acids is 1. The molecule has 24 heavy (non-hydrogen) atoms. The van der Waals surface area contributed by atoms with Gasteiger partial charge in [-0.1, -0.05) is 12.8 Å². The monoisotopic (exact) mass is 342 g/mol. The summed E-state index contributed by atoms with van der Waals surface area (Å²) in [6.07, 6.45) is 2.79. The fourth-order valence-corrected chi connectivity index (χ4v) is 3.43. The predicted molar refractivity (Wildman–Crippen MR) is 88.7 cm³/mol. The minimum absolute atomic E-state index is 0.122. The van der Waals surface area contributed by atoms with E-state index in [1.807, 2.05) is 34.6 Å². The normalized spacial score (nSPS) is 30.7. The number of nitrogens with one attached hydrogen (secondary N) is 1. The number of amides is 1. The molecule has 0 bridgehead atoms. The van der Waals surface area contributed by atoms with Crippen LogP contribution in [0.3, 0.4) is 0 Å². The summed E-state index contributed by atoms with van der Waals surface area (Å²) in [7, 11) is 0. The molecular weight excluding hydrogens is 312 g/mol. The van der Waals surface area contributed by atoms with Gasteiger partial charge in [0.05, 0.1) is 12.6 Å². The van der Waals surface area contributed by atoms with Crippen LogP contribution in [0.4, 0.5) is 4.79 Å². The van der Waals surface area contributed by atoms with Gasteiger partial charge >= 0.3 is 12.1 Å². The summed E-state index contributed by atoms with van der Waals surface area (Å²) in [5.41, 5.74) is -1.37. The minimum atomic E-state index is -0.844. The summed E-state index contributed by atoms with van der Waals surface area (Å²) in [5, 5.41) is 12.6. The zero-order valence-corrected chi connectivity index (χ0v) is 15.3. The van der Waals surface area contributed by atoms with E-state index < -0.39 is 29.4 Å². The van der Waals surface area contributed by atoms with Crippen molar-refractivity contribution >= 4 is 12.1 Å². The van der Waals surface area contributed by atoms with Crippen molar-refractivity contribution in [2.75, 3.05) is 6.61 Å². The van der Waals surface area contributed by atoms with Crippen molar-refractivity contribution in [3.05, 3.63) is 0 Å². The van der Waals surface area contributed by atoms with Gasteiger partial charge in [0.15, 0.2) is 0 Å². The molecule has 0 radical (unpaired) electrons. The number of ether oxygens (including phenoxy) is 2. The lowest BCUT2D eigenvalue weighted by molar-refractivity contribution is -0.139. The van der Waals surface area contributed by atoms with E-state index >= 15 is 0 Å². The van der Waals surface area contributed by atoms with Gasteiger partial charge in [0, 0.05) is 6.04 Å². The Bertz CT molecular complexity index is 486. The van der Waals surface area contributed by atoms with Gasteiger partial charge in [0.1, 0.15) is 17.4 Å². The predicted octanol–water partition coefficient (Wildman–Crippen LogP) is 2.34. The molecule has 0 aromatic heterocycles. The van der Waals surface area contributed by atoms with E-state index in [1.165, 1.54) is 0 Å². The van der Waals surface area contributed by atoms with E-state index in [1.54, 1.807) is 4.90 Å². The number of hydrogen-bond donors (Lipinski definition) is 2. The molecule has 0 spiro atoms. The molecule has 0 saturated carbocycles. The smallest absolute Gasteiger partial charge is 0.412 e. The van der Waals surface area contributed by atoms with Crippen LogP contribution < -0.4 is 5.32 Å². The first-order chi connectivity index (χ1) is 11.0. The average molecular weight is 342 g/mol. The van der Waals surface area contributed by atoms with Crippen LogP contribution in [0.2, 0.25) is 0 Å². The zero-order valence-electron chi connectivity index (χ0n) is 15.3. The van der Waals surface area contributed by atoms with Gasteiger partial charge in [-0.2, -0.15) is 0 Å². The highest BCUT2D eigenvalue weighted by Gasteiger charge is 2.49. The first kappa shape index (κ1) is 19.0. The number of carbonyl (C=O) groups is 2. The van der Waals surface area contributed by atoms with Crippen molar-refractivity contribution in [1.29, 1.82) is 0 Å². The van der Waals surface area contributed by atoms with Gasteiger partial charge in [-0.15, -0.1) is 0 Å². The molecule has 2 aliphatic heterocycles. The lowest BCUT2D eigenvalue weighted by Crippen LogP contribution is -2.58. The molecule has 0 unspecified atom stereocenters. The van der Waals surface area contributed by atoms with E-state index in [2.05, 4.69) is 5.32 Å². The Hall–Kier alpha value is -1.34. The molecule has 1 amide bonds. The van der Waals surface area contributed by atoms with E-state index in [4.69, 9.17) is 9.47 Å². The van der Waals surface area contributed by atoms with Gasteiger partial charge in [-0.25, -0.2) is 4.79 Å². The molecule has 0 aromatic carbocycles. The van der Waals surface area contributed by atoms with Crippen LogP contribution in [0.15, 0.2) is 0 Å². The number of hydrogen-bond acceptors (Lipinski definition) is 5. The molecule has 7 heteroatoms. The van der Waals surface area contributed by atoms with Crippen LogP contribution in [-0.2, 0) is 14.3 Å². The van der Waals surface area contributed by atoms with Gasteiger partial charge in [0.2, 0.25) is 0 Å². The summed E-state index contributed by atoms with van der Waals surface area (Å²) in [5.74, 6) is -0.844. The number of rotatable bonds is 2.